The third-order valence-corrected chi connectivity index (χ3v) is 4.94. The zero-order valence-electron chi connectivity index (χ0n) is 8.88. The molecule has 4 rings (SSSR count). The lowest BCUT2D eigenvalue weighted by molar-refractivity contribution is -0.116. The molecule has 84 valence electrons. The predicted molar refractivity (Wildman–Crippen MR) is 66.1 cm³/mol. The molecule has 0 bridgehead atoms. The zero-order chi connectivity index (χ0) is 11.5. The number of aromatic nitrogens is 2. The Morgan fingerprint density at radius 1 is 1.41 bits per heavy atom. The number of nitrogens with zero attached hydrogens (tertiary/aromatic N) is 2. The van der Waals surface area contributed by atoms with Gasteiger partial charge < -0.3 is 0 Å². The zero-order valence-corrected chi connectivity index (χ0v) is 9.70. The lowest BCUT2D eigenvalue weighted by Crippen LogP contribution is -2.49. The Hall–Kier alpha value is -1.62. The lowest BCUT2D eigenvalue weighted by atomic mass is 9.68. The minimum atomic E-state index is -0.388. The summed E-state index contributed by atoms with van der Waals surface area (Å²) in [5, 5.41) is 9.16. The number of fused-ring (bicyclic) bond motifs is 1. The maximum atomic E-state index is 11.8. The number of carbonyl (C=O) groups is 1. The summed E-state index contributed by atoms with van der Waals surface area (Å²) >= 11 is 1.65. The maximum absolute atomic E-state index is 11.8. The Bertz CT molecular complexity index is 615. The Balaban J connectivity index is 2.07. The van der Waals surface area contributed by atoms with Gasteiger partial charge in [0.05, 0.1) is 17.3 Å². The number of nitrogens with one attached hydrogen (secondary N) is 1. The summed E-state index contributed by atoms with van der Waals surface area (Å²) in [5.74, 6) is 0.144. The molecule has 2 unspecified atom stereocenters. The second kappa shape index (κ2) is 2.79. The number of hydrogen-bond acceptors (Lipinski definition) is 4. The smallest absolute Gasteiger partial charge is 0.156 e. The molecule has 0 saturated carbocycles. The number of allylic oxidation sites excluding steroid dienone is 1. The Labute approximate surface area is 102 Å². The van der Waals surface area contributed by atoms with Gasteiger partial charge in [0.2, 0.25) is 0 Å². The van der Waals surface area contributed by atoms with Gasteiger partial charge in [-0.2, -0.15) is 5.10 Å². The highest BCUT2D eigenvalue weighted by molar-refractivity contribution is 8.04. The first kappa shape index (κ1) is 9.41. The number of ketones is 1. The van der Waals surface area contributed by atoms with Crippen LogP contribution in [0, 0.1) is 0 Å². The highest BCUT2D eigenvalue weighted by atomic mass is 32.2. The maximum Gasteiger partial charge on any atom is 0.156 e. The van der Waals surface area contributed by atoms with Crippen LogP contribution in [0.15, 0.2) is 34.8 Å². The summed E-state index contributed by atoms with van der Waals surface area (Å²) in [7, 11) is 0. The van der Waals surface area contributed by atoms with Gasteiger partial charge in [-0.15, -0.1) is 0 Å². The molecule has 0 aromatic carbocycles. The lowest BCUT2D eigenvalue weighted by Gasteiger charge is -2.43. The third-order valence-electron chi connectivity index (χ3n) is 3.70. The number of aliphatic imine (C=N–C) groups is 1. The molecule has 0 spiro atoms. The van der Waals surface area contributed by atoms with Crippen LogP contribution in [0.5, 0.6) is 0 Å². The normalized spacial score (nSPS) is 36.8. The van der Waals surface area contributed by atoms with Gasteiger partial charge in [-0.3, -0.25) is 14.9 Å². The van der Waals surface area contributed by atoms with Crippen molar-refractivity contribution < 1.29 is 4.79 Å². The summed E-state index contributed by atoms with van der Waals surface area (Å²) in [6.45, 7) is 0. The van der Waals surface area contributed by atoms with E-state index >= 15 is 0 Å². The van der Waals surface area contributed by atoms with Crippen LogP contribution in [0.3, 0.4) is 0 Å². The van der Waals surface area contributed by atoms with Gasteiger partial charge in [0.1, 0.15) is 4.87 Å². The first-order chi connectivity index (χ1) is 8.26. The molecule has 0 radical (unpaired) electrons. The van der Waals surface area contributed by atoms with Crippen molar-refractivity contribution in [3.05, 3.63) is 41.1 Å². The van der Waals surface area contributed by atoms with E-state index in [2.05, 4.69) is 21.3 Å². The molecule has 2 aliphatic heterocycles. The summed E-state index contributed by atoms with van der Waals surface area (Å²) in [5.41, 5.74) is 1.62. The molecule has 2 atom stereocenters. The van der Waals surface area contributed by atoms with Crippen LogP contribution in [0.4, 0.5) is 0 Å². The van der Waals surface area contributed by atoms with Crippen molar-refractivity contribution >= 4 is 23.8 Å². The molecular weight excluding hydrogens is 234 g/mol. The molecule has 4 nitrogen and oxygen atoms in total. The van der Waals surface area contributed by atoms with Gasteiger partial charge in [-0.05, 0) is 17.6 Å². The van der Waals surface area contributed by atoms with Crippen molar-refractivity contribution in [2.24, 2.45) is 4.99 Å². The van der Waals surface area contributed by atoms with E-state index in [4.69, 9.17) is 0 Å². The summed E-state index contributed by atoms with van der Waals surface area (Å²) in [4.78, 5) is 16.0. The molecule has 0 saturated heterocycles. The minimum Gasteiger partial charge on any atom is -0.295 e. The number of aromatic amines is 1. The Kier molecular flexibility index (Phi) is 1.54. The van der Waals surface area contributed by atoms with E-state index in [-0.39, 0.29) is 16.1 Å². The van der Waals surface area contributed by atoms with Gasteiger partial charge in [0.15, 0.2) is 5.78 Å². The standard InChI is InChI=1S/C12H9N3OS/c16-9-1-2-12-11(5-9,3-4-17-12)10-8(6-13-12)7-14-15-10/h1-4,6-7H,5H2,(H,14,15). The van der Waals surface area contributed by atoms with E-state index in [1.165, 1.54) is 0 Å². The van der Waals surface area contributed by atoms with Gasteiger partial charge in [0, 0.05) is 18.2 Å². The van der Waals surface area contributed by atoms with Gasteiger partial charge >= 0.3 is 0 Å². The number of carbonyl (C=O) groups excluding carboxylic acids is 1. The van der Waals surface area contributed by atoms with Gasteiger partial charge in [0.25, 0.3) is 0 Å². The fourth-order valence-corrected chi connectivity index (χ4v) is 4.07. The molecule has 0 amide bonds. The molecule has 3 aliphatic rings. The molecule has 1 aliphatic carbocycles. The molecule has 1 aromatic heterocycles. The van der Waals surface area contributed by atoms with E-state index < -0.39 is 0 Å². The summed E-state index contributed by atoms with van der Waals surface area (Å²) in [6.07, 6.45) is 9.72. The van der Waals surface area contributed by atoms with E-state index in [9.17, 15) is 4.79 Å². The topological polar surface area (TPSA) is 58.1 Å². The first-order valence-electron chi connectivity index (χ1n) is 5.42. The van der Waals surface area contributed by atoms with Gasteiger partial charge in [-0.25, -0.2) is 0 Å². The van der Waals surface area contributed by atoms with Crippen molar-refractivity contribution in [1.82, 2.24) is 10.2 Å². The van der Waals surface area contributed by atoms with Crippen LogP contribution in [-0.2, 0) is 10.2 Å². The van der Waals surface area contributed by atoms with Crippen molar-refractivity contribution in [3.63, 3.8) is 0 Å². The van der Waals surface area contributed by atoms with Crippen LogP contribution in [0.25, 0.3) is 0 Å². The van der Waals surface area contributed by atoms with Crippen molar-refractivity contribution in [1.29, 1.82) is 0 Å². The quantitative estimate of drug-likeness (QED) is 0.752. The highest BCUT2D eigenvalue weighted by Gasteiger charge is 2.58. The molecule has 3 heterocycles. The largest absolute Gasteiger partial charge is 0.295 e. The first-order valence-corrected chi connectivity index (χ1v) is 6.30. The second-order valence-electron chi connectivity index (χ2n) is 4.52. The number of thioether (sulfide) groups is 1. The Morgan fingerprint density at radius 2 is 2.35 bits per heavy atom. The molecule has 1 N–H and O–H groups in total. The minimum absolute atomic E-state index is 0.144. The number of H-pyrrole nitrogens is 1. The van der Waals surface area contributed by atoms with Crippen LogP contribution < -0.4 is 0 Å². The van der Waals surface area contributed by atoms with Crippen LogP contribution in [0.1, 0.15) is 17.7 Å². The van der Waals surface area contributed by atoms with Crippen molar-refractivity contribution in [3.8, 4) is 0 Å². The summed E-state index contributed by atoms with van der Waals surface area (Å²) in [6, 6.07) is 0. The molecule has 5 heteroatoms. The van der Waals surface area contributed by atoms with E-state index in [0.29, 0.717) is 6.42 Å². The van der Waals surface area contributed by atoms with Crippen molar-refractivity contribution in [2.75, 3.05) is 0 Å². The average molecular weight is 243 g/mol. The van der Waals surface area contributed by atoms with Crippen LogP contribution in [0.2, 0.25) is 0 Å². The SMILES string of the molecule is O=C1C=CC23N=Cc4cn[nH]c4C2(C=CS3)C1. The third kappa shape index (κ3) is 0.942. The Morgan fingerprint density at radius 3 is 3.29 bits per heavy atom. The van der Waals surface area contributed by atoms with E-state index in [0.717, 1.165) is 11.3 Å². The predicted octanol–water partition coefficient (Wildman–Crippen LogP) is 1.57. The fourth-order valence-electron chi connectivity index (χ4n) is 2.85. The molecule has 1 aromatic rings. The van der Waals surface area contributed by atoms with Crippen LogP contribution >= 0.6 is 11.8 Å². The second-order valence-corrected chi connectivity index (χ2v) is 5.65. The highest BCUT2D eigenvalue weighted by Crippen LogP contribution is 2.58. The average Bonchev–Trinajstić information content (AvgIpc) is 2.91. The molecule has 0 fully saturated rings. The monoisotopic (exact) mass is 243 g/mol. The van der Waals surface area contributed by atoms with Crippen molar-refractivity contribution in [2.45, 2.75) is 16.7 Å². The number of rotatable bonds is 0. The number of hydrogen-bond donors (Lipinski definition) is 1. The summed E-state index contributed by atoms with van der Waals surface area (Å²) < 4.78 is 0. The van der Waals surface area contributed by atoms with E-state index in [1.54, 1.807) is 24.0 Å². The van der Waals surface area contributed by atoms with Crippen LogP contribution in [-0.4, -0.2) is 27.1 Å². The molecular formula is C12H9N3OS. The molecule has 17 heavy (non-hydrogen) atoms. The fraction of sp³-hybridized carbons (Fsp3) is 0.250. The van der Waals surface area contributed by atoms with E-state index in [1.807, 2.05) is 17.7 Å². The van der Waals surface area contributed by atoms with Gasteiger partial charge in [-0.1, -0.05) is 17.8 Å².